The van der Waals surface area contributed by atoms with Crippen LogP contribution >= 0.6 is 0 Å². The minimum atomic E-state index is -2.27. The Labute approximate surface area is 136 Å². The Bertz CT molecular complexity index is 703. The number of carbonyl (C=O) groups excluding carboxylic acids is 1. The zero-order valence-corrected chi connectivity index (χ0v) is 13.6. The van der Waals surface area contributed by atoms with E-state index in [1.165, 1.54) is 0 Å². The highest BCUT2D eigenvalue weighted by atomic mass is 19.2. The summed E-state index contributed by atoms with van der Waals surface area (Å²) in [6, 6.07) is -0.367. The predicted molar refractivity (Wildman–Crippen MR) is 76.7 cm³/mol. The molecule has 7 heteroatoms. The molecular formula is C17H18F5NO. The van der Waals surface area contributed by atoms with E-state index in [1.807, 2.05) is 6.92 Å². The van der Waals surface area contributed by atoms with Gasteiger partial charge in [0.2, 0.25) is 5.82 Å². The van der Waals surface area contributed by atoms with Gasteiger partial charge in [-0.05, 0) is 36.0 Å². The number of hydrogen-bond donors (Lipinski definition) is 1. The fourth-order valence-electron chi connectivity index (χ4n) is 4.46. The molecule has 1 aromatic rings. The first-order chi connectivity index (χ1) is 11.0. The molecule has 3 rings (SSSR count). The van der Waals surface area contributed by atoms with Crippen molar-refractivity contribution in [3.63, 3.8) is 0 Å². The van der Waals surface area contributed by atoms with Gasteiger partial charge >= 0.3 is 0 Å². The van der Waals surface area contributed by atoms with Crippen molar-refractivity contribution >= 4 is 5.91 Å². The summed E-state index contributed by atoms with van der Waals surface area (Å²) in [5.41, 5.74) is -1.77. The molecule has 3 unspecified atom stereocenters. The second-order valence-corrected chi connectivity index (χ2v) is 7.58. The normalized spacial score (nSPS) is 30.7. The highest BCUT2D eigenvalue weighted by molar-refractivity contribution is 5.95. The van der Waals surface area contributed by atoms with Gasteiger partial charge in [-0.25, -0.2) is 22.0 Å². The van der Waals surface area contributed by atoms with E-state index in [2.05, 4.69) is 19.2 Å². The zero-order chi connectivity index (χ0) is 18.0. The standard InChI is InChI=1S/C17H18F5NO/c1-16(2)7-4-5-17(16,3)8(6-7)23-15(24)9-10(18)12(20)14(22)13(21)11(9)19/h7-8H,4-6H2,1-3H3,(H,23,24). The van der Waals surface area contributed by atoms with Gasteiger partial charge in [0.1, 0.15) is 5.56 Å². The Hall–Kier alpha value is -1.66. The van der Waals surface area contributed by atoms with Crippen molar-refractivity contribution in [2.75, 3.05) is 0 Å². The lowest BCUT2D eigenvalue weighted by Crippen LogP contribution is -2.47. The first kappa shape index (κ1) is 17.2. The smallest absolute Gasteiger partial charge is 0.257 e. The molecule has 1 amide bonds. The summed E-state index contributed by atoms with van der Waals surface area (Å²) in [4.78, 5) is 12.2. The van der Waals surface area contributed by atoms with Crippen LogP contribution in [-0.2, 0) is 0 Å². The van der Waals surface area contributed by atoms with E-state index in [-0.39, 0.29) is 16.9 Å². The molecule has 2 aliphatic carbocycles. The summed E-state index contributed by atoms with van der Waals surface area (Å²) in [7, 11) is 0. The van der Waals surface area contributed by atoms with E-state index >= 15 is 0 Å². The van der Waals surface area contributed by atoms with Crippen molar-refractivity contribution in [3.05, 3.63) is 34.6 Å². The van der Waals surface area contributed by atoms with Gasteiger partial charge < -0.3 is 5.32 Å². The average Bonchev–Trinajstić information content (AvgIpc) is 2.84. The van der Waals surface area contributed by atoms with Gasteiger partial charge in [-0.1, -0.05) is 20.8 Å². The van der Waals surface area contributed by atoms with Gasteiger partial charge in [0.05, 0.1) is 0 Å². The molecule has 24 heavy (non-hydrogen) atoms. The van der Waals surface area contributed by atoms with E-state index in [9.17, 15) is 26.7 Å². The largest absolute Gasteiger partial charge is 0.349 e. The molecule has 3 atom stereocenters. The fourth-order valence-corrected chi connectivity index (χ4v) is 4.46. The Morgan fingerprint density at radius 1 is 0.958 bits per heavy atom. The minimum Gasteiger partial charge on any atom is -0.349 e. The van der Waals surface area contributed by atoms with Crippen molar-refractivity contribution in [3.8, 4) is 0 Å². The lowest BCUT2D eigenvalue weighted by molar-refractivity contribution is 0.0815. The first-order valence-corrected chi connectivity index (χ1v) is 7.84. The van der Waals surface area contributed by atoms with Crippen molar-refractivity contribution < 1.29 is 26.7 Å². The number of amides is 1. The summed E-state index contributed by atoms with van der Waals surface area (Å²) in [5.74, 6) is -11.6. The van der Waals surface area contributed by atoms with E-state index in [0.717, 1.165) is 12.8 Å². The highest BCUT2D eigenvalue weighted by Crippen LogP contribution is 2.65. The number of fused-ring (bicyclic) bond motifs is 2. The van der Waals surface area contributed by atoms with Crippen molar-refractivity contribution in [2.45, 2.75) is 46.1 Å². The maximum atomic E-state index is 13.8. The topological polar surface area (TPSA) is 29.1 Å². The van der Waals surface area contributed by atoms with E-state index < -0.39 is 40.6 Å². The average molecular weight is 347 g/mol. The van der Waals surface area contributed by atoms with Gasteiger partial charge in [0.25, 0.3) is 5.91 Å². The molecule has 2 bridgehead atoms. The van der Waals surface area contributed by atoms with Crippen LogP contribution in [0.15, 0.2) is 0 Å². The molecule has 1 aromatic carbocycles. The highest BCUT2D eigenvalue weighted by Gasteiger charge is 2.61. The number of hydrogen-bond acceptors (Lipinski definition) is 1. The number of rotatable bonds is 2. The maximum absolute atomic E-state index is 13.8. The maximum Gasteiger partial charge on any atom is 0.257 e. The second-order valence-electron chi connectivity index (χ2n) is 7.58. The van der Waals surface area contributed by atoms with E-state index in [1.54, 1.807) is 0 Å². The summed E-state index contributed by atoms with van der Waals surface area (Å²) >= 11 is 0. The van der Waals surface area contributed by atoms with Crippen molar-refractivity contribution in [1.82, 2.24) is 5.32 Å². The predicted octanol–water partition coefficient (Wildman–Crippen LogP) is 4.33. The third kappa shape index (κ3) is 2.02. The molecule has 2 aliphatic rings. The van der Waals surface area contributed by atoms with Gasteiger partial charge in [-0.3, -0.25) is 4.79 Å². The quantitative estimate of drug-likeness (QED) is 0.482. The van der Waals surface area contributed by atoms with Crippen LogP contribution in [0, 0.1) is 45.8 Å². The third-order valence-electron chi connectivity index (χ3n) is 6.54. The summed E-state index contributed by atoms with van der Waals surface area (Å²) < 4.78 is 67.2. The molecule has 2 saturated carbocycles. The Kier molecular flexibility index (Phi) is 3.70. The molecule has 0 spiro atoms. The van der Waals surface area contributed by atoms with Crippen LogP contribution in [0.1, 0.15) is 50.4 Å². The monoisotopic (exact) mass is 347 g/mol. The molecule has 0 heterocycles. The molecule has 132 valence electrons. The van der Waals surface area contributed by atoms with Crippen LogP contribution in [0.5, 0.6) is 0 Å². The van der Waals surface area contributed by atoms with Crippen LogP contribution in [0.25, 0.3) is 0 Å². The molecule has 2 nitrogen and oxygen atoms in total. The number of halogens is 5. The van der Waals surface area contributed by atoms with E-state index in [0.29, 0.717) is 12.3 Å². The van der Waals surface area contributed by atoms with E-state index in [4.69, 9.17) is 0 Å². The molecule has 0 aliphatic heterocycles. The van der Waals surface area contributed by atoms with Crippen LogP contribution in [-0.4, -0.2) is 11.9 Å². The Morgan fingerprint density at radius 2 is 1.46 bits per heavy atom. The van der Waals surface area contributed by atoms with Gasteiger partial charge in [-0.2, -0.15) is 0 Å². The number of carbonyl (C=O) groups is 1. The summed E-state index contributed by atoms with van der Waals surface area (Å²) in [6.07, 6.45) is 2.47. The molecule has 0 radical (unpaired) electrons. The lowest BCUT2D eigenvalue weighted by Gasteiger charge is -2.39. The summed E-state index contributed by atoms with van der Waals surface area (Å²) in [6.45, 7) is 6.15. The number of nitrogens with one attached hydrogen (secondary N) is 1. The Morgan fingerprint density at radius 3 is 1.88 bits per heavy atom. The Balaban J connectivity index is 1.93. The van der Waals surface area contributed by atoms with Crippen LogP contribution < -0.4 is 5.32 Å². The molecule has 2 fully saturated rings. The van der Waals surface area contributed by atoms with Crippen LogP contribution in [0.4, 0.5) is 22.0 Å². The van der Waals surface area contributed by atoms with Gasteiger partial charge in [-0.15, -0.1) is 0 Å². The molecule has 0 saturated heterocycles. The lowest BCUT2D eigenvalue weighted by atomic mass is 9.69. The minimum absolute atomic E-state index is 0.0681. The van der Waals surface area contributed by atoms with Crippen molar-refractivity contribution in [2.24, 2.45) is 16.7 Å². The summed E-state index contributed by atoms with van der Waals surface area (Å²) in [5, 5.41) is 2.50. The second kappa shape index (κ2) is 5.17. The fraction of sp³-hybridized carbons (Fsp3) is 0.588. The van der Waals surface area contributed by atoms with Crippen molar-refractivity contribution in [1.29, 1.82) is 0 Å². The SMILES string of the molecule is CC1(C)C2CCC1(C)C(NC(=O)c1c(F)c(F)c(F)c(F)c1F)C2. The molecule has 0 aromatic heterocycles. The molecule has 1 N–H and O–H groups in total. The number of benzene rings is 1. The van der Waals surface area contributed by atoms with Gasteiger partial charge in [0, 0.05) is 6.04 Å². The zero-order valence-electron chi connectivity index (χ0n) is 13.6. The van der Waals surface area contributed by atoms with Crippen LogP contribution in [0.3, 0.4) is 0 Å². The first-order valence-electron chi connectivity index (χ1n) is 7.84. The molecular weight excluding hydrogens is 329 g/mol. The van der Waals surface area contributed by atoms with Crippen LogP contribution in [0.2, 0.25) is 0 Å². The third-order valence-corrected chi connectivity index (χ3v) is 6.54. The van der Waals surface area contributed by atoms with Gasteiger partial charge in [0.15, 0.2) is 23.3 Å².